The van der Waals surface area contributed by atoms with Gasteiger partial charge in [0.15, 0.2) is 0 Å². The molecule has 2 rings (SSSR count). The van der Waals surface area contributed by atoms with E-state index in [1.54, 1.807) is 0 Å². The molecular formula is C24H47N5O7. The second-order valence-electron chi connectivity index (χ2n) is 9.01. The highest BCUT2D eigenvalue weighted by Gasteiger charge is 2.21. The Morgan fingerprint density at radius 3 is 1.50 bits per heavy atom. The Hall–Kier alpha value is -1.83. The third-order valence-corrected chi connectivity index (χ3v) is 6.33. The van der Waals surface area contributed by atoms with Crippen LogP contribution >= 0.6 is 0 Å². The van der Waals surface area contributed by atoms with Crippen molar-refractivity contribution in [1.29, 1.82) is 0 Å². The van der Waals surface area contributed by atoms with Crippen LogP contribution in [0, 0.1) is 0 Å². The Morgan fingerprint density at radius 1 is 0.694 bits per heavy atom. The minimum Gasteiger partial charge on any atom is -0.480 e. The van der Waals surface area contributed by atoms with E-state index in [9.17, 15) is 24.6 Å². The van der Waals surface area contributed by atoms with Crippen molar-refractivity contribution < 1.29 is 34.1 Å². The van der Waals surface area contributed by atoms with Crippen molar-refractivity contribution in [1.82, 2.24) is 24.5 Å². The molecule has 2 heterocycles. The Labute approximate surface area is 215 Å². The fourth-order valence-electron chi connectivity index (χ4n) is 4.44. The third-order valence-electron chi connectivity index (χ3n) is 6.33. The van der Waals surface area contributed by atoms with Crippen LogP contribution < -0.4 is 0 Å². The van der Waals surface area contributed by atoms with Crippen LogP contribution in [0.2, 0.25) is 0 Å². The van der Waals surface area contributed by atoms with Crippen LogP contribution in [0.25, 0.3) is 0 Å². The molecule has 2 aliphatic rings. The van der Waals surface area contributed by atoms with Crippen molar-refractivity contribution in [3.05, 3.63) is 0 Å². The average Bonchev–Trinajstić information content (AvgIpc) is 2.87. The quantitative estimate of drug-likeness (QED) is 0.322. The first kappa shape index (κ1) is 32.2. The largest absolute Gasteiger partial charge is 0.480 e. The van der Waals surface area contributed by atoms with Crippen molar-refractivity contribution in [2.75, 3.05) is 98.5 Å². The molecular weight excluding hydrogens is 470 g/mol. The van der Waals surface area contributed by atoms with Crippen LogP contribution in [0.5, 0.6) is 0 Å². The number of β-amino-alcohol motifs (C(OH)–C–C–N with tert-alkyl or cyclic N) is 1. The summed E-state index contributed by atoms with van der Waals surface area (Å²) < 4.78 is 9.90. The van der Waals surface area contributed by atoms with Gasteiger partial charge in [-0.15, -0.1) is 0 Å². The summed E-state index contributed by atoms with van der Waals surface area (Å²) in [6.07, 6.45) is 3.09. The smallest absolute Gasteiger partial charge is 0.317 e. The van der Waals surface area contributed by atoms with Crippen molar-refractivity contribution in [2.45, 2.75) is 39.2 Å². The summed E-state index contributed by atoms with van der Waals surface area (Å²) >= 11 is 0. The molecule has 12 nitrogen and oxygen atoms in total. The van der Waals surface area contributed by atoms with Crippen LogP contribution in [0.1, 0.15) is 33.1 Å². The molecule has 2 saturated heterocycles. The van der Waals surface area contributed by atoms with Gasteiger partial charge < -0.3 is 24.6 Å². The molecule has 36 heavy (non-hydrogen) atoms. The van der Waals surface area contributed by atoms with E-state index < -0.39 is 12.1 Å². The molecule has 1 atom stereocenters. The van der Waals surface area contributed by atoms with Crippen LogP contribution in [0.15, 0.2) is 0 Å². The molecule has 2 N–H and O–H groups in total. The third kappa shape index (κ3) is 14.7. The lowest BCUT2D eigenvalue weighted by atomic mass is 10.1. The monoisotopic (exact) mass is 517 g/mol. The summed E-state index contributed by atoms with van der Waals surface area (Å²) in [5, 5.41) is 20.1. The van der Waals surface area contributed by atoms with Crippen molar-refractivity contribution >= 4 is 18.9 Å². The summed E-state index contributed by atoms with van der Waals surface area (Å²) in [5.41, 5.74) is 0. The maximum Gasteiger partial charge on any atom is 0.317 e. The zero-order chi connectivity index (χ0) is 26.6. The number of carboxylic acid groups (broad SMARTS) is 1. The fraction of sp³-hybridized carbons (Fsp3) is 0.875. The zero-order valence-electron chi connectivity index (χ0n) is 22.1. The normalized spacial score (nSPS) is 21.2. The molecule has 2 fully saturated rings. The lowest BCUT2D eigenvalue weighted by molar-refractivity contribution is -0.139. The highest BCUT2D eigenvalue weighted by molar-refractivity contribution is 5.69. The Kier molecular flexibility index (Phi) is 18.1. The van der Waals surface area contributed by atoms with Crippen LogP contribution in [-0.2, 0) is 23.9 Å². The SMILES string of the molecule is CC.O=COCN1CCN(COC=O)CCN(CC(O)CN2CCCCC2)CCN(CC(=O)O)CC1. The predicted octanol–water partition coefficient (Wildman–Crippen LogP) is -0.573. The van der Waals surface area contributed by atoms with E-state index in [-0.39, 0.29) is 20.0 Å². The molecule has 0 aromatic carbocycles. The molecule has 1 unspecified atom stereocenters. The summed E-state index contributed by atoms with van der Waals surface area (Å²) in [6.45, 7) is 12.8. The number of rotatable bonds is 12. The van der Waals surface area contributed by atoms with Gasteiger partial charge in [-0.05, 0) is 25.9 Å². The second kappa shape index (κ2) is 20.3. The maximum atomic E-state index is 11.4. The lowest BCUT2D eigenvalue weighted by Gasteiger charge is -2.35. The molecule has 0 aromatic heterocycles. The van der Waals surface area contributed by atoms with Crippen LogP contribution in [0.4, 0.5) is 0 Å². The molecule has 0 saturated carbocycles. The first-order valence-corrected chi connectivity index (χ1v) is 13.1. The summed E-state index contributed by atoms with van der Waals surface area (Å²) in [5.74, 6) is -0.892. The summed E-state index contributed by atoms with van der Waals surface area (Å²) in [4.78, 5) is 43.0. The highest BCUT2D eigenvalue weighted by atomic mass is 16.5. The number of ether oxygens (including phenoxy) is 2. The van der Waals surface area contributed by atoms with E-state index >= 15 is 0 Å². The average molecular weight is 518 g/mol. The summed E-state index contributed by atoms with van der Waals surface area (Å²) in [6, 6.07) is 0. The number of hydrogen-bond acceptors (Lipinski definition) is 11. The van der Waals surface area contributed by atoms with E-state index in [1.807, 2.05) is 28.5 Å². The van der Waals surface area contributed by atoms with E-state index in [2.05, 4.69) is 9.80 Å². The lowest BCUT2D eigenvalue weighted by Crippen LogP contribution is -2.49. The Balaban J connectivity index is 0.00000316. The maximum absolute atomic E-state index is 11.4. The standard InChI is InChI=1S/C22H41N5O7.C2H6/c28-19-33-17-26-10-8-24(15-21(30)14-23-4-2-1-3-5-23)6-7-25(16-22(31)32)9-11-27(13-12-26)18-34-20-29;1-2/h19-21,30H,1-18H2,(H,31,32);1-2H3. The van der Waals surface area contributed by atoms with Crippen molar-refractivity contribution in [3.63, 3.8) is 0 Å². The van der Waals surface area contributed by atoms with Crippen molar-refractivity contribution in [3.8, 4) is 0 Å². The highest BCUT2D eigenvalue weighted by Crippen LogP contribution is 2.10. The molecule has 12 heteroatoms. The van der Waals surface area contributed by atoms with Crippen molar-refractivity contribution in [2.24, 2.45) is 0 Å². The molecule has 0 aliphatic carbocycles. The first-order chi connectivity index (χ1) is 17.5. The number of aliphatic hydroxyl groups is 1. The molecule has 0 bridgehead atoms. The van der Waals surface area contributed by atoms with Gasteiger partial charge in [0.1, 0.15) is 13.5 Å². The van der Waals surface area contributed by atoms with Crippen LogP contribution in [-0.4, -0.2) is 158 Å². The number of carbonyl (C=O) groups excluding carboxylic acids is 2. The number of hydrogen-bond donors (Lipinski definition) is 2. The van der Waals surface area contributed by atoms with E-state index in [0.717, 1.165) is 13.1 Å². The number of aliphatic carboxylic acids is 1. The first-order valence-electron chi connectivity index (χ1n) is 13.1. The van der Waals surface area contributed by atoms with E-state index in [0.29, 0.717) is 78.4 Å². The van der Waals surface area contributed by atoms with Gasteiger partial charge in [0.05, 0.1) is 12.6 Å². The van der Waals surface area contributed by atoms with Gasteiger partial charge in [-0.3, -0.25) is 34.0 Å². The molecule has 0 aromatic rings. The molecule has 0 amide bonds. The van der Waals surface area contributed by atoms with Gasteiger partial charge in [0.2, 0.25) is 0 Å². The predicted molar refractivity (Wildman–Crippen MR) is 135 cm³/mol. The van der Waals surface area contributed by atoms with Gasteiger partial charge in [0, 0.05) is 65.4 Å². The van der Waals surface area contributed by atoms with Gasteiger partial charge >= 0.3 is 5.97 Å². The Bertz CT molecular complexity index is 595. The molecule has 0 spiro atoms. The van der Waals surface area contributed by atoms with E-state index in [1.165, 1.54) is 19.3 Å². The second-order valence-corrected chi connectivity index (χ2v) is 9.01. The topological polar surface area (TPSA) is 126 Å². The fourth-order valence-corrected chi connectivity index (χ4v) is 4.44. The molecule has 210 valence electrons. The number of aliphatic hydroxyl groups excluding tert-OH is 1. The van der Waals surface area contributed by atoms with Gasteiger partial charge in [0.25, 0.3) is 12.9 Å². The minimum atomic E-state index is -0.892. The number of nitrogens with zero attached hydrogens (tertiary/aromatic N) is 5. The van der Waals surface area contributed by atoms with Gasteiger partial charge in [-0.1, -0.05) is 20.3 Å². The number of carbonyl (C=O) groups is 3. The van der Waals surface area contributed by atoms with Crippen LogP contribution in [0.3, 0.4) is 0 Å². The summed E-state index contributed by atoms with van der Waals surface area (Å²) in [7, 11) is 0. The molecule has 2 aliphatic heterocycles. The number of carboxylic acids is 1. The van der Waals surface area contributed by atoms with E-state index in [4.69, 9.17) is 9.47 Å². The zero-order valence-corrected chi connectivity index (χ0v) is 22.1. The Morgan fingerprint density at radius 2 is 1.08 bits per heavy atom. The minimum absolute atomic E-state index is 0.0775. The number of piperidine rings is 1. The van der Waals surface area contributed by atoms with Gasteiger partial charge in [-0.2, -0.15) is 0 Å². The molecule has 0 radical (unpaired) electrons. The van der Waals surface area contributed by atoms with Gasteiger partial charge in [-0.25, -0.2) is 0 Å². The number of likely N-dealkylation sites (tertiary alicyclic amines) is 1.